The van der Waals surface area contributed by atoms with Crippen molar-refractivity contribution in [2.24, 2.45) is 0 Å². The summed E-state index contributed by atoms with van der Waals surface area (Å²) in [5.74, 6) is 0.438. The normalized spacial score (nSPS) is 17.4. The Labute approximate surface area is 101 Å². The molecule has 1 fully saturated rings. The second-order valence-corrected chi connectivity index (χ2v) is 4.37. The molecule has 0 aromatic carbocycles. The first-order valence-corrected chi connectivity index (χ1v) is 5.93. The van der Waals surface area contributed by atoms with Crippen molar-refractivity contribution < 1.29 is 4.79 Å². The Bertz CT molecular complexity index is 406. The van der Waals surface area contributed by atoms with Gasteiger partial charge < -0.3 is 15.5 Å². The van der Waals surface area contributed by atoms with Gasteiger partial charge in [-0.25, -0.2) is 0 Å². The zero-order chi connectivity index (χ0) is 12.4. The monoisotopic (exact) mass is 237 g/mol. The van der Waals surface area contributed by atoms with E-state index in [4.69, 9.17) is 5.73 Å². The summed E-state index contributed by atoms with van der Waals surface area (Å²) in [5, 5.41) is 4.10. The highest BCUT2D eigenvalue weighted by Crippen LogP contribution is 2.11. The third-order valence-corrected chi connectivity index (χ3v) is 3.11. The summed E-state index contributed by atoms with van der Waals surface area (Å²) in [6.45, 7) is 5.98. The molecule has 1 aliphatic rings. The van der Waals surface area contributed by atoms with Crippen LogP contribution in [0.25, 0.3) is 0 Å². The van der Waals surface area contributed by atoms with Crippen LogP contribution in [0.3, 0.4) is 0 Å². The summed E-state index contributed by atoms with van der Waals surface area (Å²) in [5.41, 5.74) is 6.23. The van der Waals surface area contributed by atoms with Crippen molar-refractivity contribution in [2.45, 2.75) is 13.5 Å². The average molecular weight is 237 g/mol. The van der Waals surface area contributed by atoms with Crippen LogP contribution in [0, 0.1) is 0 Å². The zero-order valence-electron chi connectivity index (χ0n) is 10.4. The highest BCUT2D eigenvalue weighted by atomic mass is 16.2. The lowest BCUT2D eigenvalue weighted by Crippen LogP contribution is -2.47. The van der Waals surface area contributed by atoms with E-state index in [2.05, 4.69) is 17.0 Å². The number of aromatic nitrogens is 2. The van der Waals surface area contributed by atoms with Gasteiger partial charge in [-0.1, -0.05) is 0 Å². The molecule has 17 heavy (non-hydrogen) atoms. The van der Waals surface area contributed by atoms with E-state index in [0.717, 1.165) is 26.2 Å². The number of amides is 1. The molecule has 1 amide bonds. The van der Waals surface area contributed by atoms with Gasteiger partial charge in [-0.05, 0) is 14.0 Å². The maximum Gasteiger partial charge on any atom is 0.272 e. The molecule has 0 spiro atoms. The Hall–Kier alpha value is -1.56. The largest absolute Gasteiger partial charge is 0.382 e. The summed E-state index contributed by atoms with van der Waals surface area (Å²) in [4.78, 5) is 16.4. The summed E-state index contributed by atoms with van der Waals surface area (Å²) < 4.78 is 1.66. The van der Waals surface area contributed by atoms with Crippen LogP contribution in [0.1, 0.15) is 17.4 Å². The van der Waals surface area contributed by atoms with E-state index in [1.54, 1.807) is 10.7 Å². The fourth-order valence-electron chi connectivity index (χ4n) is 2.02. The summed E-state index contributed by atoms with van der Waals surface area (Å²) in [6.07, 6.45) is 0. The van der Waals surface area contributed by atoms with Crippen LogP contribution in [0.4, 0.5) is 5.82 Å². The van der Waals surface area contributed by atoms with Gasteiger partial charge in [-0.2, -0.15) is 5.10 Å². The maximum absolute atomic E-state index is 12.3. The van der Waals surface area contributed by atoms with E-state index in [1.807, 2.05) is 11.8 Å². The molecule has 1 saturated heterocycles. The van der Waals surface area contributed by atoms with E-state index in [-0.39, 0.29) is 5.91 Å². The van der Waals surface area contributed by atoms with Gasteiger partial charge >= 0.3 is 0 Å². The average Bonchev–Trinajstić information content (AvgIpc) is 2.70. The second-order valence-electron chi connectivity index (χ2n) is 4.37. The smallest absolute Gasteiger partial charge is 0.272 e. The molecule has 6 heteroatoms. The number of nitrogens with zero attached hydrogens (tertiary/aromatic N) is 4. The minimum absolute atomic E-state index is 0.0316. The predicted molar refractivity (Wildman–Crippen MR) is 65.7 cm³/mol. The van der Waals surface area contributed by atoms with Crippen molar-refractivity contribution in [3.05, 3.63) is 11.8 Å². The molecule has 6 nitrogen and oxygen atoms in total. The van der Waals surface area contributed by atoms with Gasteiger partial charge in [0, 0.05) is 38.8 Å². The number of carbonyl (C=O) groups is 1. The Morgan fingerprint density at radius 3 is 2.65 bits per heavy atom. The number of carbonyl (C=O) groups excluding carboxylic acids is 1. The molecule has 1 aromatic heterocycles. The Morgan fingerprint density at radius 2 is 2.06 bits per heavy atom. The summed E-state index contributed by atoms with van der Waals surface area (Å²) in [6, 6.07) is 1.66. The molecular formula is C11H19N5O. The Morgan fingerprint density at radius 1 is 1.41 bits per heavy atom. The molecule has 2 heterocycles. The van der Waals surface area contributed by atoms with Crippen LogP contribution in [0.15, 0.2) is 6.07 Å². The van der Waals surface area contributed by atoms with Gasteiger partial charge in [0.1, 0.15) is 11.5 Å². The number of nitrogens with two attached hydrogens (primary N) is 1. The molecule has 1 aliphatic heterocycles. The van der Waals surface area contributed by atoms with Crippen molar-refractivity contribution >= 4 is 11.7 Å². The summed E-state index contributed by atoms with van der Waals surface area (Å²) in [7, 11) is 2.07. The van der Waals surface area contributed by atoms with Crippen LogP contribution < -0.4 is 5.73 Å². The second kappa shape index (κ2) is 4.75. The number of anilines is 1. The van der Waals surface area contributed by atoms with Crippen LogP contribution in [-0.2, 0) is 6.54 Å². The minimum atomic E-state index is 0.0316. The highest BCUT2D eigenvalue weighted by molar-refractivity contribution is 5.93. The fourth-order valence-corrected chi connectivity index (χ4v) is 2.02. The first kappa shape index (κ1) is 11.9. The number of hydrogen-bond donors (Lipinski definition) is 1. The molecule has 0 saturated carbocycles. The summed E-state index contributed by atoms with van der Waals surface area (Å²) >= 11 is 0. The standard InChI is InChI=1S/C11H19N5O/c1-3-16-9(8-10(12)13-16)11(17)15-6-4-14(2)5-7-15/h8H,3-7H2,1-2H3,(H2,12,13). The fraction of sp³-hybridized carbons (Fsp3) is 0.636. The predicted octanol–water partition coefficient (Wildman–Crippen LogP) is -0.127. The lowest BCUT2D eigenvalue weighted by atomic mass is 10.3. The van der Waals surface area contributed by atoms with Crippen molar-refractivity contribution in [3.8, 4) is 0 Å². The maximum atomic E-state index is 12.3. The van der Waals surface area contributed by atoms with Gasteiger partial charge in [0.05, 0.1) is 0 Å². The Balaban J connectivity index is 2.13. The van der Waals surface area contributed by atoms with E-state index >= 15 is 0 Å². The van der Waals surface area contributed by atoms with Gasteiger partial charge in [0.25, 0.3) is 5.91 Å². The highest BCUT2D eigenvalue weighted by Gasteiger charge is 2.23. The van der Waals surface area contributed by atoms with E-state index in [1.165, 1.54) is 0 Å². The minimum Gasteiger partial charge on any atom is -0.382 e. The van der Waals surface area contributed by atoms with E-state index in [0.29, 0.717) is 18.1 Å². The molecule has 0 unspecified atom stereocenters. The molecule has 2 N–H and O–H groups in total. The molecular weight excluding hydrogens is 218 g/mol. The third-order valence-electron chi connectivity index (χ3n) is 3.11. The number of hydrogen-bond acceptors (Lipinski definition) is 4. The molecule has 0 aliphatic carbocycles. The molecule has 0 radical (unpaired) electrons. The van der Waals surface area contributed by atoms with Crippen molar-refractivity contribution in [1.29, 1.82) is 0 Å². The van der Waals surface area contributed by atoms with Gasteiger partial charge in [0.15, 0.2) is 0 Å². The molecule has 0 atom stereocenters. The topological polar surface area (TPSA) is 67.4 Å². The quantitative estimate of drug-likeness (QED) is 0.778. The van der Waals surface area contributed by atoms with Crippen molar-refractivity contribution in [3.63, 3.8) is 0 Å². The van der Waals surface area contributed by atoms with Gasteiger partial charge in [-0.15, -0.1) is 0 Å². The Kier molecular flexibility index (Phi) is 3.33. The number of piperazine rings is 1. The van der Waals surface area contributed by atoms with Crippen LogP contribution in [-0.4, -0.2) is 58.7 Å². The SMILES string of the molecule is CCn1nc(N)cc1C(=O)N1CCN(C)CC1. The van der Waals surface area contributed by atoms with Gasteiger partial charge in [-0.3, -0.25) is 9.48 Å². The number of nitrogen functional groups attached to an aromatic ring is 1. The lowest BCUT2D eigenvalue weighted by Gasteiger charge is -2.32. The molecule has 2 rings (SSSR count). The molecule has 94 valence electrons. The first-order valence-electron chi connectivity index (χ1n) is 5.93. The number of likely N-dealkylation sites (N-methyl/N-ethyl adjacent to an activating group) is 1. The lowest BCUT2D eigenvalue weighted by molar-refractivity contribution is 0.0652. The van der Waals surface area contributed by atoms with E-state index < -0.39 is 0 Å². The zero-order valence-corrected chi connectivity index (χ0v) is 10.4. The number of rotatable bonds is 2. The van der Waals surface area contributed by atoms with Crippen LogP contribution >= 0.6 is 0 Å². The van der Waals surface area contributed by atoms with Crippen molar-refractivity contribution in [2.75, 3.05) is 39.0 Å². The first-order chi connectivity index (χ1) is 8.11. The van der Waals surface area contributed by atoms with Crippen LogP contribution in [0.2, 0.25) is 0 Å². The molecule has 1 aromatic rings. The van der Waals surface area contributed by atoms with Crippen molar-refractivity contribution in [1.82, 2.24) is 19.6 Å². The van der Waals surface area contributed by atoms with E-state index in [9.17, 15) is 4.79 Å². The number of aryl methyl sites for hydroxylation is 1. The van der Waals surface area contributed by atoms with Crippen LogP contribution in [0.5, 0.6) is 0 Å². The van der Waals surface area contributed by atoms with Gasteiger partial charge in [0.2, 0.25) is 0 Å². The molecule has 0 bridgehead atoms. The third kappa shape index (κ3) is 2.41.